The molecule has 12 heavy (non-hydrogen) atoms. The molecule has 0 unspecified atom stereocenters. The summed E-state index contributed by atoms with van der Waals surface area (Å²) in [7, 11) is 0. The molecule has 0 aliphatic carbocycles. The average Bonchev–Trinajstić information content (AvgIpc) is 2.59. The van der Waals surface area contributed by atoms with Crippen LogP contribution in [0.2, 0.25) is 0 Å². The minimum absolute atomic E-state index is 0.370. The van der Waals surface area contributed by atoms with Crippen molar-refractivity contribution in [2.75, 3.05) is 11.7 Å². The molecule has 8 nitrogen and oxygen atoms in total. The van der Waals surface area contributed by atoms with Crippen LogP contribution in [0.25, 0.3) is 11.6 Å². The van der Waals surface area contributed by atoms with Gasteiger partial charge in [-0.3, -0.25) is 0 Å². The molecule has 0 bridgehead atoms. The summed E-state index contributed by atoms with van der Waals surface area (Å²) in [6, 6.07) is 0. The zero-order valence-corrected chi connectivity index (χ0v) is 5.99. The molecule has 8 heteroatoms. The highest BCUT2D eigenvalue weighted by Gasteiger charge is 2.10. The van der Waals surface area contributed by atoms with Crippen molar-refractivity contribution < 1.29 is 0 Å². The molecule has 0 saturated carbocycles. The number of hydrogen-bond donors (Lipinski definition) is 2. The molecule has 4 N–H and O–H groups in total. The first-order valence-electron chi connectivity index (χ1n) is 3.09. The highest BCUT2D eigenvalue weighted by Crippen LogP contribution is 2.07. The molecule has 0 spiro atoms. The van der Waals surface area contributed by atoms with Crippen LogP contribution in [0.3, 0.4) is 0 Å². The maximum Gasteiger partial charge on any atom is 0.221 e. The summed E-state index contributed by atoms with van der Waals surface area (Å²) >= 11 is 0. The minimum Gasteiger partial charge on any atom is -0.336 e. The molecular weight excluding hydrogens is 160 g/mol. The third-order valence-corrected chi connectivity index (χ3v) is 1.35. The number of aromatic nitrogens is 6. The Morgan fingerprint density at radius 3 is 1.58 bits per heavy atom. The van der Waals surface area contributed by atoms with E-state index in [1.54, 1.807) is 0 Å². The van der Waals surface area contributed by atoms with Gasteiger partial charge in [-0.05, 0) is 0 Å². The van der Waals surface area contributed by atoms with Gasteiger partial charge in [-0.1, -0.05) is 0 Å². The Kier molecular flexibility index (Phi) is 1.20. The Hall–Kier alpha value is -2.12. The van der Waals surface area contributed by atoms with Crippen LogP contribution in [0, 0.1) is 0 Å². The zero-order chi connectivity index (χ0) is 8.55. The van der Waals surface area contributed by atoms with Gasteiger partial charge in [0, 0.05) is 0 Å². The van der Waals surface area contributed by atoms with Gasteiger partial charge in [-0.25, -0.2) is 9.35 Å². The molecule has 0 aromatic carbocycles. The molecule has 0 radical (unpaired) electrons. The van der Waals surface area contributed by atoms with Crippen molar-refractivity contribution >= 4 is 0 Å². The second-order valence-electron chi connectivity index (χ2n) is 2.12. The lowest BCUT2D eigenvalue weighted by atomic mass is 10.6. The van der Waals surface area contributed by atoms with Crippen LogP contribution in [0.5, 0.6) is 0 Å². The van der Waals surface area contributed by atoms with Gasteiger partial charge in [0.25, 0.3) is 0 Å². The summed E-state index contributed by atoms with van der Waals surface area (Å²) in [6.07, 6.45) is 2.70. The van der Waals surface area contributed by atoms with Crippen LogP contribution in [0.15, 0.2) is 12.7 Å². The largest absolute Gasteiger partial charge is 0.336 e. The van der Waals surface area contributed by atoms with Crippen LogP contribution in [-0.4, -0.2) is 29.7 Å². The Labute approximate surface area is 66.8 Å². The van der Waals surface area contributed by atoms with Gasteiger partial charge in [-0.15, -0.1) is 20.4 Å². The van der Waals surface area contributed by atoms with Crippen molar-refractivity contribution in [3.63, 3.8) is 0 Å². The van der Waals surface area contributed by atoms with Gasteiger partial charge >= 0.3 is 0 Å². The van der Waals surface area contributed by atoms with Crippen LogP contribution in [0.1, 0.15) is 0 Å². The van der Waals surface area contributed by atoms with Gasteiger partial charge in [-0.2, -0.15) is 0 Å². The number of nitrogens with zero attached hydrogens (tertiary/aromatic N) is 6. The molecular formula is C4H6N8. The summed E-state index contributed by atoms with van der Waals surface area (Å²) < 4.78 is 2.43. The van der Waals surface area contributed by atoms with E-state index in [1.165, 1.54) is 22.0 Å². The maximum absolute atomic E-state index is 5.46. The lowest BCUT2D eigenvalue weighted by Gasteiger charge is -1.97. The fourth-order valence-corrected chi connectivity index (χ4v) is 0.805. The summed E-state index contributed by atoms with van der Waals surface area (Å²) in [5.41, 5.74) is 0. The molecule has 2 heterocycles. The summed E-state index contributed by atoms with van der Waals surface area (Å²) in [6.45, 7) is 0. The molecule has 62 valence electrons. The van der Waals surface area contributed by atoms with Crippen LogP contribution < -0.4 is 11.7 Å². The molecule has 0 aliphatic rings. The van der Waals surface area contributed by atoms with E-state index >= 15 is 0 Å². The van der Waals surface area contributed by atoms with E-state index in [2.05, 4.69) is 20.4 Å². The van der Waals surface area contributed by atoms with Crippen molar-refractivity contribution in [3.8, 4) is 11.6 Å². The highest BCUT2D eigenvalue weighted by atomic mass is 15.5. The van der Waals surface area contributed by atoms with Gasteiger partial charge in [0.2, 0.25) is 11.6 Å². The average molecular weight is 166 g/mol. The van der Waals surface area contributed by atoms with Crippen molar-refractivity contribution in [3.05, 3.63) is 12.7 Å². The van der Waals surface area contributed by atoms with Crippen molar-refractivity contribution in [2.24, 2.45) is 0 Å². The fourth-order valence-electron chi connectivity index (χ4n) is 0.805. The first kappa shape index (κ1) is 6.58. The molecule has 2 rings (SSSR count). The van der Waals surface area contributed by atoms with Gasteiger partial charge in [0.15, 0.2) is 0 Å². The smallest absolute Gasteiger partial charge is 0.221 e. The molecule has 0 fully saturated rings. The Bertz CT molecular complexity index is 347. The van der Waals surface area contributed by atoms with Crippen LogP contribution in [-0.2, 0) is 0 Å². The number of hydrogen-bond acceptors (Lipinski definition) is 6. The van der Waals surface area contributed by atoms with E-state index in [-0.39, 0.29) is 0 Å². The van der Waals surface area contributed by atoms with Crippen LogP contribution in [0.4, 0.5) is 0 Å². The Morgan fingerprint density at radius 1 is 0.917 bits per heavy atom. The number of nitrogen functional groups attached to an aromatic ring is 2. The fraction of sp³-hybridized carbons (Fsp3) is 0. The molecule has 0 atom stereocenters. The first-order valence-corrected chi connectivity index (χ1v) is 3.09. The monoisotopic (exact) mass is 166 g/mol. The molecule has 0 saturated heterocycles. The highest BCUT2D eigenvalue weighted by molar-refractivity contribution is 5.42. The number of rotatable bonds is 1. The van der Waals surface area contributed by atoms with E-state index in [9.17, 15) is 0 Å². The second kappa shape index (κ2) is 2.19. The summed E-state index contributed by atoms with van der Waals surface area (Å²) in [4.78, 5) is 0. The third kappa shape index (κ3) is 0.779. The normalized spacial score (nSPS) is 10.3. The van der Waals surface area contributed by atoms with Gasteiger partial charge < -0.3 is 11.7 Å². The topological polar surface area (TPSA) is 113 Å². The molecule has 2 aromatic heterocycles. The van der Waals surface area contributed by atoms with E-state index in [1.807, 2.05) is 0 Å². The first-order chi connectivity index (χ1) is 5.79. The number of nitrogens with two attached hydrogens (primary N) is 2. The predicted octanol–water partition coefficient (Wildman–Crippen LogP) is -2.04. The standard InChI is InChI=1S/C4H6N8/c5-11-1-7-9-3(11)4-10-8-2-12(4)6/h1-2H,5-6H2. The van der Waals surface area contributed by atoms with E-state index in [0.717, 1.165) is 0 Å². The van der Waals surface area contributed by atoms with E-state index in [4.69, 9.17) is 11.7 Å². The molecule has 2 aromatic rings. The summed E-state index contributed by atoms with van der Waals surface area (Å²) in [5, 5.41) is 14.5. The summed E-state index contributed by atoms with van der Waals surface area (Å²) in [5.74, 6) is 11.7. The molecule has 0 aliphatic heterocycles. The van der Waals surface area contributed by atoms with Crippen molar-refractivity contribution in [2.45, 2.75) is 0 Å². The molecule has 0 amide bonds. The van der Waals surface area contributed by atoms with E-state index in [0.29, 0.717) is 11.6 Å². The minimum atomic E-state index is 0.370. The third-order valence-electron chi connectivity index (χ3n) is 1.35. The van der Waals surface area contributed by atoms with E-state index < -0.39 is 0 Å². The lowest BCUT2D eigenvalue weighted by Crippen LogP contribution is -2.14. The lowest BCUT2D eigenvalue weighted by molar-refractivity contribution is 0.935. The SMILES string of the molecule is Nn1cnnc1-c1nncn1N. The van der Waals surface area contributed by atoms with Crippen LogP contribution >= 0.6 is 0 Å². The predicted molar refractivity (Wildman–Crippen MR) is 39.3 cm³/mol. The Morgan fingerprint density at radius 2 is 1.33 bits per heavy atom. The van der Waals surface area contributed by atoms with Gasteiger partial charge in [0.05, 0.1) is 0 Å². The van der Waals surface area contributed by atoms with Crippen molar-refractivity contribution in [1.82, 2.24) is 29.7 Å². The van der Waals surface area contributed by atoms with Crippen molar-refractivity contribution in [1.29, 1.82) is 0 Å². The Balaban J connectivity index is 2.57. The van der Waals surface area contributed by atoms with Gasteiger partial charge in [0.1, 0.15) is 12.7 Å². The zero-order valence-electron chi connectivity index (χ0n) is 5.99. The quantitative estimate of drug-likeness (QED) is 0.472. The maximum atomic E-state index is 5.46. The second-order valence-corrected chi connectivity index (χ2v) is 2.12.